The molecule has 3 aliphatic heterocycles. The number of aliphatic hydroxyl groups is 1. The molecule has 2 aromatic rings. The Kier molecular flexibility index (Phi) is 5.24. The monoisotopic (exact) mass is 410 g/mol. The summed E-state index contributed by atoms with van der Waals surface area (Å²) in [6.45, 7) is 3.31. The Morgan fingerprint density at radius 1 is 1.17 bits per heavy atom. The van der Waals surface area contributed by atoms with Crippen molar-refractivity contribution in [1.29, 1.82) is 0 Å². The van der Waals surface area contributed by atoms with Crippen LogP contribution in [-0.4, -0.2) is 59.6 Å². The summed E-state index contributed by atoms with van der Waals surface area (Å²) in [6, 6.07) is 7.32. The van der Waals surface area contributed by atoms with Crippen LogP contribution in [0.4, 0.5) is 16.4 Å². The highest BCUT2D eigenvalue weighted by atomic mass is 16.5. The number of amides is 2. The smallest absolute Gasteiger partial charge is 0.319 e. The zero-order valence-electron chi connectivity index (χ0n) is 16.7. The molecule has 4 N–H and O–H groups in total. The molecule has 2 fully saturated rings. The van der Waals surface area contributed by atoms with Gasteiger partial charge in [0.05, 0.1) is 30.2 Å². The minimum atomic E-state index is -0.340. The number of aromatic nitrogens is 2. The molecule has 9 nitrogen and oxygen atoms in total. The molecule has 2 unspecified atom stereocenters. The number of nitrogens with zero attached hydrogens (tertiary/aromatic N) is 3. The van der Waals surface area contributed by atoms with Crippen molar-refractivity contribution in [2.75, 3.05) is 36.5 Å². The molecule has 158 valence electrons. The van der Waals surface area contributed by atoms with Gasteiger partial charge in [0.2, 0.25) is 5.95 Å². The SMILES string of the molecule is O=C(NCCO)Nc1ccc(-c2nc(N3CC4CCC(C3)O4)nc3c2CNC3)cc1. The topological polar surface area (TPSA) is 112 Å². The highest BCUT2D eigenvalue weighted by molar-refractivity contribution is 5.89. The minimum Gasteiger partial charge on any atom is -0.395 e. The Labute approximate surface area is 174 Å². The lowest BCUT2D eigenvalue weighted by molar-refractivity contribution is 0.0299. The van der Waals surface area contributed by atoms with E-state index >= 15 is 0 Å². The Morgan fingerprint density at radius 3 is 2.67 bits per heavy atom. The molecule has 0 aliphatic carbocycles. The number of benzene rings is 1. The van der Waals surface area contributed by atoms with Crippen molar-refractivity contribution in [2.24, 2.45) is 0 Å². The molecule has 0 radical (unpaired) electrons. The van der Waals surface area contributed by atoms with Crippen molar-refractivity contribution in [3.8, 4) is 11.3 Å². The molecule has 2 bridgehead atoms. The van der Waals surface area contributed by atoms with E-state index in [4.69, 9.17) is 19.8 Å². The first-order valence-corrected chi connectivity index (χ1v) is 10.5. The maximum atomic E-state index is 11.8. The Morgan fingerprint density at radius 2 is 1.93 bits per heavy atom. The zero-order chi connectivity index (χ0) is 20.5. The van der Waals surface area contributed by atoms with E-state index in [-0.39, 0.29) is 31.4 Å². The predicted octanol–water partition coefficient (Wildman–Crippen LogP) is 1.23. The fourth-order valence-electron chi connectivity index (χ4n) is 4.37. The number of morpholine rings is 1. The molecule has 0 spiro atoms. The molecule has 4 heterocycles. The van der Waals surface area contributed by atoms with Gasteiger partial charge in [0.1, 0.15) is 0 Å². The van der Waals surface area contributed by atoms with Crippen LogP contribution in [-0.2, 0) is 17.8 Å². The second-order valence-corrected chi connectivity index (χ2v) is 7.95. The first-order chi connectivity index (χ1) is 14.7. The number of hydrogen-bond donors (Lipinski definition) is 4. The van der Waals surface area contributed by atoms with Gasteiger partial charge in [0.15, 0.2) is 0 Å². The van der Waals surface area contributed by atoms with Crippen molar-refractivity contribution in [1.82, 2.24) is 20.6 Å². The van der Waals surface area contributed by atoms with E-state index in [2.05, 4.69) is 20.9 Å². The number of aliphatic hydroxyl groups excluding tert-OH is 1. The molecule has 30 heavy (non-hydrogen) atoms. The van der Waals surface area contributed by atoms with E-state index in [1.807, 2.05) is 24.3 Å². The Bertz CT molecular complexity index is 923. The summed E-state index contributed by atoms with van der Waals surface area (Å²) in [5.41, 5.74) is 4.81. The number of carbonyl (C=O) groups excluding carboxylic acids is 1. The van der Waals surface area contributed by atoms with Gasteiger partial charge < -0.3 is 30.7 Å². The third-order valence-corrected chi connectivity index (χ3v) is 5.82. The first kappa shape index (κ1) is 19.2. The number of anilines is 2. The van der Waals surface area contributed by atoms with Gasteiger partial charge in [0, 0.05) is 49.5 Å². The van der Waals surface area contributed by atoms with E-state index in [1.54, 1.807) is 0 Å². The summed E-state index contributed by atoms with van der Waals surface area (Å²) in [7, 11) is 0. The number of carbonyl (C=O) groups is 1. The lowest BCUT2D eigenvalue weighted by atomic mass is 10.1. The largest absolute Gasteiger partial charge is 0.395 e. The van der Waals surface area contributed by atoms with E-state index in [9.17, 15) is 4.79 Å². The standard InChI is InChI=1S/C21H26N6O3/c28-8-7-23-21(29)24-14-3-1-13(2-4-14)19-17-9-22-10-18(17)25-20(26-19)27-11-15-5-6-16(12-27)30-15/h1-4,15-16,22,28H,5-12H2,(H2,23,24,29). The second kappa shape index (κ2) is 8.17. The van der Waals surface area contributed by atoms with Crippen LogP contribution in [0.3, 0.4) is 0 Å². The van der Waals surface area contributed by atoms with Crippen molar-refractivity contribution < 1.29 is 14.6 Å². The Balaban J connectivity index is 1.40. The number of fused-ring (bicyclic) bond motifs is 3. The molecule has 2 atom stereocenters. The molecule has 1 aromatic heterocycles. The lowest BCUT2D eigenvalue weighted by Crippen LogP contribution is -2.43. The minimum absolute atomic E-state index is 0.0911. The van der Waals surface area contributed by atoms with Gasteiger partial charge in [-0.05, 0) is 25.0 Å². The third-order valence-electron chi connectivity index (χ3n) is 5.82. The third kappa shape index (κ3) is 3.83. The van der Waals surface area contributed by atoms with Gasteiger partial charge in [-0.15, -0.1) is 0 Å². The average molecular weight is 410 g/mol. The van der Waals surface area contributed by atoms with Gasteiger partial charge in [-0.2, -0.15) is 0 Å². The molecular formula is C21H26N6O3. The van der Waals surface area contributed by atoms with Gasteiger partial charge in [-0.3, -0.25) is 0 Å². The summed E-state index contributed by atoms with van der Waals surface area (Å²) in [5.74, 6) is 0.776. The number of nitrogens with one attached hydrogen (secondary N) is 3. The van der Waals surface area contributed by atoms with E-state index < -0.39 is 0 Å². The summed E-state index contributed by atoms with van der Waals surface area (Å²) in [4.78, 5) is 23.9. The van der Waals surface area contributed by atoms with Crippen LogP contribution >= 0.6 is 0 Å². The van der Waals surface area contributed by atoms with Crippen LogP contribution in [0.2, 0.25) is 0 Å². The molecule has 1 aromatic carbocycles. The molecule has 0 saturated carbocycles. The molecule has 9 heteroatoms. The van der Waals surface area contributed by atoms with E-state index in [0.29, 0.717) is 5.69 Å². The number of hydrogen-bond acceptors (Lipinski definition) is 7. The van der Waals surface area contributed by atoms with E-state index in [0.717, 1.165) is 67.5 Å². The summed E-state index contributed by atoms with van der Waals surface area (Å²) >= 11 is 0. The lowest BCUT2D eigenvalue weighted by Gasteiger charge is -2.32. The van der Waals surface area contributed by atoms with Crippen LogP contribution in [0.1, 0.15) is 24.1 Å². The van der Waals surface area contributed by atoms with Crippen molar-refractivity contribution in [2.45, 2.75) is 38.1 Å². The average Bonchev–Trinajstić information content (AvgIpc) is 3.37. The van der Waals surface area contributed by atoms with Crippen molar-refractivity contribution in [3.63, 3.8) is 0 Å². The fraction of sp³-hybridized carbons (Fsp3) is 0.476. The maximum absolute atomic E-state index is 11.8. The van der Waals surface area contributed by atoms with Crippen molar-refractivity contribution in [3.05, 3.63) is 35.5 Å². The first-order valence-electron chi connectivity index (χ1n) is 10.5. The normalized spacial score (nSPS) is 22.1. The zero-order valence-corrected chi connectivity index (χ0v) is 16.7. The summed E-state index contributed by atoms with van der Waals surface area (Å²) in [6.07, 6.45) is 2.79. The van der Waals surface area contributed by atoms with Gasteiger partial charge in [-0.1, -0.05) is 12.1 Å². The van der Waals surface area contributed by atoms with Gasteiger partial charge >= 0.3 is 6.03 Å². The van der Waals surface area contributed by atoms with Gasteiger partial charge in [-0.25, -0.2) is 14.8 Å². The molecule has 5 rings (SSSR count). The van der Waals surface area contributed by atoms with Crippen LogP contribution in [0.5, 0.6) is 0 Å². The number of urea groups is 1. The van der Waals surface area contributed by atoms with Gasteiger partial charge in [0.25, 0.3) is 0 Å². The Hall–Kier alpha value is -2.75. The van der Waals surface area contributed by atoms with Crippen molar-refractivity contribution >= 4 is 17.7 Å². The van der Waals surface area contributed by atoms with Crippen LogP contribution in [0, 0.1) is 0 Å². The van der Waals surface area contributed by atoms with Crippen LogP contribution < -0.4 is 20.9 Å². The number of ether oxygens (including phenoxy) is 1. The highest BCUT2D eigenvalue weighted by Crippen LogP contribution is 2.32. The molecule has 2 saturated heterocycles. The second-order valence-electron chi connectivity index (χ2n) is 7.95. The van der Waals surface area contributed by atoms with Crippen LogP contribution in [0.25, 0.3) is 11.3 Å². The highest BCUT2D eigenvalue weighted by Gasteiger charge is 2.35. The summed E-state index contributed by atoms with van der Waals surface area (Å²) in [5, 5.41) is 17.5. The molecule has 3 aliphatic rings. The maximum Gasteiger partial charge on any atom is 0.319 e. The van der Waals surface area contributed by atoms with Crippen LogP contribution in [0.15, 0.2) is 24.3 Å². The fourth-order valence-corrected chi connectivity index (χ4v) is 4.37. The quantitative estimate of drug-likeness (QED) is 0.587. The predicted molar refractivity (Wildman–Crippen MR) is 112 cm³/mol. The van der Waals surface area contributed by atoms with E-state index in [1.165, 1.54) is 0 Å². The molecular weight excluding hydrogens is 384 g/mol. The number of rotatable bonds is 5. The molecule has 2 amide bonds. The summed E-state index contributed by atoms with van der Waals surface area (Å²) < 4.78 is 5.96.